The van der Waals surface area contributed by atoms with Gasteiger partial charge < -0.3 is 10.2 Å². The highest BCUT2D eigenvalue weighted by molar-refractivity contribution is 7.92. The number of phenols is 1. The number of benzene rings is 1. The Bertz CT molecular complexity index is 918. The lowest BCUT2D eigenvalue weighted by Crippen LogP contribution is -2.29. The van der Waals surface area contributed by atoms with Gasteiger partial charge in [0.05, 0.1) is 11.4 Å². The first-order chi connectivity index (χ1) is 10.8. The number of phenolic OH excluding ortho intramolecular Hbond substituents is 1. The van der Waals surface area contributed by atoms with Gasteiger partial charge in [0, 0.05) is 11.8 Å². The van der Waals surface area contributed by atoms with Crippen molar-refractivity contribution in [3.05, 3.63) is 36.5 Å². The van der Waals surface area contributed by atoms with Crippen LogP contribution in [0.5, 0.6) is 5.75 Å². The molecule has 10 heteroatoms. The van der Waals surface area contributed by atoms with Crippen LogP contribution < -0.4 is 9.03 Å². The molecule has 1 aliphatic heterocycles. The van der Waals surface area contributed by atoms with Crippen LogP contribution in [0, 0.1) is 0 Å². The Kier molecular flexibility index (Phi) is 3.25. The van der Waals surface area contributed by atoms with E-state index in [2.05, 4.69) is 0 Å². The number of hydrogen-bond acceptors (Lipinski definition) is 5. The zero-order valence-electron chi connectivity index (χ0n) is 11.5. The van der Waals surface area contributed by atoms with Gasteiger partial charge in [-0.15, -0.1) is 0 Å². The largest absolute Gasteiger partial charge is 0.506 e. The van der Waals surface area contributed by atoms with Crippen molar-refractivity contribution in [1.82, 2.24) is 9.29 Å². The van der Waals surface area contributed by atoms with E-state index in [1.807, 2.05) is 0 Å². The summed E-state index contributed by atoms with van der Waals surface area (Å²) in [4.78, 5) is 22.5. The van der Waals surface area contributed by atoms with Crippen LogP contribution in [0.3, 0.4) is 0 Å². The monoisotopic (exact) mass is 337 g/mol. The van der Waals surface area contributed by atoms with Crippen molar-refractivity contribution in [1.29, 1.82) is 0 Å². The second-order valence-electron chi connectivity index (χ2n) is 4.79. The molecule has 0 aliphatic carbocycles. The van der Waals surface area contributed by atoms with Crippen molar-refractivity contribution in [2.24, 2.45) is 0 Å². The second-order valence-corrected chi connectivity index (χ2v) is 6.38. The minimum absolute atomic E-state index is 0.112. The van der Waals surface area contributed by atoms with Gasteiger partial charge in [-0.1, -0.05) is 0 Å². The highest BCUT2D eigenvalue weighted by atomic mass is 32.2. The van der Waals surface area contributed by atoms with E-state index in [4.69, 9.17) is 5.11 Å². The Balaban J connectivity index is 2.12. The number of carbonyl (C=O) groups is 2. The fourth-order valence-electron chi connectivity index (χ4n) is 2.33. The summed E-state index contributed by atoms with van der Waals surface area (Å²) in [5, 5.41) is 19.0. The maximum atomic E-state index is 11.9. The first-order valence-electron chi connectivity index (χ1n) is 6.37. The summed E-state index contributed by atoms with van der Waals surface area (Å²) in [7, 11) is -4.07. The maximum absolute atomic E-state index is 11.9. The molecule has 9 nitrogen and oxygen atoms in total. The minimum atomic E-state index is -4.07. The van der Waals surface area contributed by atoms with Gasteiger partial charge in [-0.3, -0.25) is 9.36 Å². The van der Waals surface area contributed by atoms with Gasteiger partial charge in [0.1, 0.15) is 12.3 Å². The molecule has 23 heavy (non-hydrogen) atoms. The highest BCUT2D eigenvalue weighted by Crippen LogP contribution is 2.34. The average Bonchev–Trinajstić information content (AvgIpc) is 3.03. The Morgan fingerprint density at radius 2 is 2.00 bits per heavy atom. The number of carboxylic acid groups (broad SMARTS) is 1. The lowest BCUT2D eigenvalue weighted by Gasteiger charge is -2.17. The Labute approximate surface area is 130 Å². The molecule has 1 saturated heterocycles. The number of carbonyl (C=O) groups excluding carboxylic acids is 1. The van der Waals surface area contributed by atoms with E-state index >= 15 is 0 Å². The molecule has 0 unspecified atom stereocenters. The molecular formula is C13H11N3O6S. The lowest BCUT2D eigenvalue weighted by atomic mass is 10.1. The molecule has 1 amide bonds. The van der Waals surface area contributed by atoms with Gasteiger partial charge in [0.2, 0.25) is 0 Å². The van der Waals surface area contributed by atoms with Crippen molar-refractivity contribution < 1.29 is 28.2 Å². The van der Waals surface area contributed by atoms with Crippen LogP contribution in [0.25, 0.3) is 11.3 Å². The van der Waals surface area contributed by atoms with E-state index < -0.39 is 28.8 Å². The summed E-state index contributed by atoms with van der Waals surface area (Å²) in [6, 6.07) is 7.05. The molecule has 0 bridgehead atoms. The predicted octanol–water partition coefficient (Wildman–Crippen LogP) is 0.568. The van der Waals surface area contributed by atoms with Crippen LogP contribution in [0.2, 0.25) is 0 Å². The van der Waals surface area contributed by atoms with Crippen molar-refractivity contribution in [3.8, 4) is 17.0 Å². The third-order valence-corrected chi connectivity index (χ3v) is 4.71. The zero-order valence-corrected chi connectivity index (χ0v) is 12.3. The topological polar surface area (TPSA) is 129 Å². The molecule has 120 valence electrons. The molecule has 1 fully saturated rings. The Morgan fingerprint density at radius 3 is 2.61 bits per heavy atom. The molecule has 2 aromatic rings. The van der Waals surface area contributed by atoms with E-state index in [-0.39, 0.29) is 11.4 Å². The van der Waals surface area contributed by atoms with Gasteiger partial charge in [-0.05, 0) is 30.3 Å². The van der Waals surface area contributed by atoms with Crippen LogP contribution in [-0.4, -0.2) is 41.7 Å². The van der Waals surface area contributed by atoms with Crippen LogP contribution in [0.4, 0.5) is 10.5 Å². The number of anilines is 1. The number of amides is 1. The molecule has 1 aromatic carbocycles. The minimum Gasteiger partial charge on any atom is -0.506 e. The highest BCUT2D eigenvalue weighted by Gasteiger charge is 2.35. The average molecular weight is 337 g/mol. The Morgan fingerprint density at radius 1 is 1.26 bits per heavy atom. The molecule has 1 aromatic heterocycles. The number of hydrogen-bond donors (Lipinski definition) is 3. The number of aromatic nitrogens is 1. The van der Waals surface area contributed by atoms with Crippen molar-refractivity contribution in [2.45, 2.75) is 0 Å². The molecule has 3 N–H and O–H groups in total. The summed E-state index contributed by atoms with van der Waals surface area (Å²) >= 11 is 0. The molecule has 0 spiro atoms. The predicted molar refractivity (Wildman–Crippen MR) is 79.4 cm³/mol. The van der Waals surface area contributed by atoms with Gasteiger partial charge >= 0.3 is 16.3 Å². The fraction of sp³-hybridized carbons (Fsp3) is 0.0769. The molecular weight excluding hydrogens is 326 g/mol. The van der Waals surface area contributed by atoms with E-state index in [0.29, 0.717) is 11.3 Å². The summed E-state index contributed by atoms with van der Waals surface area (Å²) in [5.41, 5.74) is 0.563. The van der Waals surface area contributed by atoms with E-state index in [1.165, 1.54) is 36.5 Å². The Hall–Kier alpha value is -3.01. The first-order valence-corrected chi connectivity index (χ1v) is 7.81. The van der Waals surface area contributed by atoms with Crippen LogP contribution in [0.1, 0.15) is 0 Å². The summed E-state index contributed by atoms with van der Waals surface area (Å²) < 4.78 is 27.2. The number of nitrogens with one attached hydrogen (secondary N) is 1. The summed E-state index contributed by atoms with van der Waals surface area (Å²) in [6.07, 6.45) is 0.132. The molecule has 0 radical (unpaired) electrons. The van der Waals surface area contributed by atoms with E-state index in [0.717, 1.165) is 8.87 Å². The van der Waals surface area contributed by atoms with Gasteiger partial charge in [0.15, 0.2) is 0 Å². The van der Waals surface area contributed by atoms with Gasteiger partial charge in [-0.2, -0.15) is 8.42 Å². The summed E-state index contributed by atoms with van der Waals surface area (Å²) in [5.74, 6) is -1.06. The third-order valence-electron chi connectivity index (χ3n) is 3.31. The molecule has 2 heterocycles. The lowest BCUT2D eigenvalue weighted by molar-refractivity contribution is -0.117. The normalized spacial score (nSPS) is 16.3. The zero-order chi connectivity index (χ0) is 16.8. The fourth-order valence-corrected chi connectivity index (χ4v) is 3.48. The third kappa shape index (κ3) is 2.48. The molecule has 3 rings (SSSR count). The van der Waals surface area contributed by atoms with Crippen molar-refractivity contribution >= 4 is 27.9 Å². The smallest absolute Gasteiger partial charge is 0.415 e. The molecule has 1 aliphatic rings. The summed E-state index contributed by atoms with van der Waals surface area (Å²) in [6.45, 7) is -0.459. The van der Waals surface area contributed by atoms with Crippen LogP contribution >= 0.6 is 0 Å². The quantitative estimate of drug-likeness (QED) is 0.735. The first kappa shape index (κ1) is 14.9. The second kappa shape index (κ2) is 5.02. The molecule has 0 saturated carbocycles. The number of aromatic hydroxyl groups is 1. The van der Waals surface area contributed by atoms with E-state index in [9.17, 15) is 23.1 Å². The van der Waals surface area contributed by atoms with Crippen LogP contribution in [-0.2, 0) is 15.0 Å². The van der Waals surface area contributed by atoms with Crippen molar-refractivity contribution in [2.75, 3.05) is 10.8 Å². The van der Waals surface area contributed by atoms with Crippen molar-refractivity contribution in [3.63, 3.8) is 0 Å². The van der Waals surface area contributed by atoms with Gasteiger partial charge in [-0.25, -0.2) is 13.8 Å². The SMILES string of the molecule is O=C1CN(c2cc(-c3cccn3C(=O)O)ccc2O)S(=O)(=O)N1. The van der Waals surface area contributed by atoms with Gasteiger partial charge in [0.25, 0.3) is 5.91 Å². The molecule has 0 atom stereocenters. The standard InChI is InChI=1S/C13H11N3O6S/c17-11-4-3-8(9-2-1-5-15(9)13(19)20)6-10(11)16-7-12(18)14-23(16,21)22/h1-6,17H,7H2,(H,14,18)(H,19,20). The number of rotatable bonds is 2. The maximum Gasteiger partial charge on any atom is 0.415 e. The number of nitrogens with zero attached hydrogens (tertiary/aromatic N) is 2. The van der Waals surface area contributed by atoms with E-state index in [1.54, 1.807) is 4.72 Å². The van der Waals surface area contributed by atoms with Crippen LogP contribution in [0.15, 0.2) is 36.5 Å².